The van der Waals surface area contributed by atoms with Crippen LogP contribution in [0.1, 0.15) is 0 Å². The van der Waals surface area contributed by atoms with E-state index in [4.69, 9.17) is 5.73 Å². The Bertz CT molecular complexity index is 454. The number of aromatic hydroxyl groups is 1. The molecule has 2 rings (SSSR count). The fourth-order valence-electron chi connectivity index (χ4n) is 1.23. The standard InChI is InChI=1S/C11H11N3O/c12-11-5-4-9(7-13-11)14-8-2-1-3-10(15)6-8/h1-7,14-15H,(H2,12,13). The molecule has 0 saturated carbocycles. The normalized spacial score (nSPS) is 9.87. The SMILES string of the molecule is Nc1ccc(Nc2cccc(O)c2)cn1. The minimum absolute atomic E-state index is 0.225. The van der Waals surface area contributed by atoms with Crippen molar-refractivity contribution in [3.05, 3.63) is 42.6 Å². The molecule has 4 heteroatoms. The second-order valence-electron chi connectivity index (χ2n) is 3.15. The van der Waals surface area contributed by atoms with Gasteiger partial charge in [0.25, 0.3) is 0 Å². The molecule has 0 fully saturated rings. The molecule has 15 heavy (non-hydrogen) atoms. The second kappa shape index (κ2) is 3.88. The minimum atomic E-state index is 0.225. The Labute approximate surface area is 87.4 Å². The van der Waals surface area contributed by atoms with Crippen LogP contribution in [0.2, 0.25) is 0 Å². The molecule has 0 aliphatic carbocycles. The highest BCUT2D eigenvalue weighted by Crippen LogP contribution is 2.20. The van der Waals surface area contributed by atoms with Gasteiger partial charge in [-0.25, -0.2) is 4.98 Å². The summed E-state index contributed by atoms with van der Waals surface area (Å²) in [6.07, 6.45) is 1.64. The van der Waals surface area contributed by atoms with Gasteiger partial charge in [0.1, 0.15) is 11.6 Å². The van der Waals surface area contributed by atoms with Crippen LogP contribution >= 0.6 is 0 Å². The van der Waals surface area contributed by atoms with Crippen LogP contribution in [0.25, 0.3) is 0 Å². The Hall–Kier alpha value is -2.23. The average Bonchev–Trinajstić information content (AvgIpc) is 2.22. The lowest BCUT2D eigenvalue weighted by Gasteiger charge is -2.05. The van der Waals surface area contributed by atoms with Gasteiger partial charge < -0.3 is 16.2 Å². The van der Waals surface area contributed by atoms with Crippen molar-refractivity contribution in [2.75, 3.05) is 11.1 Å². The van der Waals surface area contributed by atoms with Crippen molar-refractivity contribution in [2.24, 2.45) is 0 Å². The minimum Gasteiger partial charge on any atom is -0.508 e. The van der Waals surface area contributed by atoms with E-state index in [2.05, 4.69) is 10.3 Å². The lowest BCUT2D eigenvalue weighted by Crippen LogP contribution is -1.93. The summed E-state index contributed by atoms with van der Waals surface area (Å²) in [6.45, 7) is 0. The molecule has 0 radical (unpaired) electrons. The Morgan fingerprint density at radius 3 is 2.67 bits per heavy atom. The van der Waals surface area contributed by atoms with Crippen LogP contribution in [0, 0.1) is 0 Å². The first kappa shape index (κ1) is 9.33. The van der Waals surface area contributed by atoms with Gasteiger partial charge in [0.2, 0.25) is 0 Å². The number of hydrogen-bond acceptors (Lipinski definition) is 4. The van der Waals surface area contributed by atoms with Crippen LogP contribution in [-0.2, 0) is 0 Å². The molecule has 0 aliphatic rings. The molecule has 76 valence electrons. The number of anilines is 3. The first-order valence-corrected chi connectivity index (χ1v) is 4.51. The number of hydrogen-bond donors (Lipinski definition) is 3. The van der Waals surface area contributed by atoms with E-state index in [9.17, 15) is 5.11 Å². The molecule has 0 bridgehead atoms. The van der Waals surface area contributed by atoms with Crippen molar-refractivity contribution < 1.29 is 5.11 Å². The van der Waals surface area contributed by atoms with Crippen LogP contribution in [0.3, 0.4) is 0 Å². The molecule has 4 nitrogen and oxygen atoms in total. The molecular weight excluding hydrogens is 190 g/mol. The molecule has 0 amide bonds. The fourth-order valence-corrected chi connectivity index (χ4v) is 1.23. The summed E-state index contributed by atoms with van der Waals surface area (Å²) in [6, 6.07) is 10.4. The number of benzene rings is 1. The van der Waals surface area contributed by atoms with Crippen molar-refractivity contribution in [3.63, 3.8) is 0 Å². The maximum Gasteiger partial charge on any atom is 0.123 e. The Morgan fingerprint density at radius 1 is 1.13 bits per heavy atom. The third-order valence-corrected chi connectivity index (χ3v) is 1.92. The van der Waals surface area contributed by atoms with Crippen LogP contribution in [0.5, 0.6) is 5.75 Å². The van der Waals surface area contributed by atoms with E-state index in [0.29, 0.717) is 5.82 Å². The molecule has 0 atom stereocenters. The molecular formula is C11H11N3O. The summed E-state index contributed by atoms with van der Waals surface area (Å²) in [5.74, 6) is 0.708. The number of nitrogen functional groups attached to an aromatic ring is 1. The highest BCUT2D eigenvalue weighted by molar-refractivity contribution is 5.60. The Balaban J connectivity index is 2.18. The van der Waals surface area contributed by atoms with Crippen LogP contribution in [-0.4, -0.2) is 10.1 Å². The van der Waals surface area contributed by atoms with Crippen molar-refractivity contribution in [1.29, 1.82) is 0 Å². The summed E-state index contributed by atoms with van der Waals surface area (Å²) < 4.78 is 0. The maximum absolute atomic E-state index is 9.26. The molecule has 0 saturated heterocycles. The van der Waals surface area contributed by atoms with Gasteiger partial charge in [0.15, 0.2) is 0 Å². The van der Waals surface area contributed by atoms with Gasteiger partial charge in [-0.15, -0.1) is 0 Å². The summed E-state index contributed by atoms with van der Waals surface area (Å²) in [5.41, 5.74) is 7.10. The molecule has 2 aromatic rings. The zero-order chi connectivity index (χ0) is 10.7. The van der Waals surface area contributed by atoms with E-state index in [1.54, 1.807) is 30.5 Å². The topological polar surface area (TPSA) is 71.2 Å². The van der Waals surface area contributed by atoms with E-state index >= 15 is 0 Å². The van der Waals surface area contributed by atoms with Crippen LogP contribution in [0.15, 0.2) is 42.6 Å². The number of phenolic OH excluding ortho intramolecular Hbond substituents is 1. The third-order valence-electron chi connectivity index (χ3n) is 1.92. The number of pyridine rings is 1. The van der Waals surface area contributed by atoms with Gasteiger partial charge in [-0.05, 0) is 24.3 Å². The smallest absolute Gasteiger partial charge is 0.123 e. The van der Waals surface area contributed by atoms with E-state index in [1.807, 2.05) is 12.1 Å². The zero-order valence-electron chi connectivity index (χ0n) is 8.01. The monoisotopic (exact) mass is 201 g/mol. The van der Waals surface area contributed by atoms with Crippen molar-refractivity contribution in [3.8, 4) is 5.75 Å². The fraction of sp³-hybridized carbons (Fsp3) is 0. The molecule has 1 aromatic carbocycles. The largest absolute Gasteiger partial charge is 0.508 e. The molecule has 0 aliphatic heterocycles. The van der Waals surface area contributed by atoms with Gasteiger partial charge in [-0.3, -0.25) is 0 Å². The van der Waals surface area contributed by atoms with Gasteiger partial charge in [0.05, 0.1) is 11.9 Å². The van der Waals surface area contributed by atoms with Gasteiger partial charge in [-0.1, -0.05) is 6.07 Å². The number of phenols is 1. The Kier molecular flexibility index (Phi) is 2.41. The van der Waals surface area contributed by atoms with E-state index in [0.717, 1.165) is 11.4 Å². The van der Waals surface area contributed by atoms with Crippen molar-refractivity contribution in [2.45, 2.75) is 0 Å². The number of rotatable bonds is 2. The van der Waals surface area contributed by atoms with Gasteiger partial charge in [0, 0.05) is 11.8 Å². The predicted octanol–water partition coefficient (Wildman–Crippen LogP) is 2.11. The number of nitrogens with zero attached hydrogens (tertiary/aromatic N) is 1. The summed E-state index contributed by atoms with van der Waals surface area (Å²) in [7, 11) is 0. The van der Waals surface area contributed by atoms with Crippen LogP contribution in [0.4, 0.5) is 17.2 Å². The van der Waals surface area contributed by atoms with E-state index < -0.39 is 0 Å². The second-order valence-corrected chi connectivity index (χ2v) is 3.15. The molecule has 1 heterocycles. The Morgan fingerprint density at radius 2 is 2.00 bits per heavy atom. The van der Waals surface area contributed by atoms with Gasteiger partial charge in [-0.2, -0.15) is 0 Å². The first-order chi connectivity index (χ1) is 7.24. The van der Waals surface area contributed by atoms with Crippen molar-refractivity contribution in [1.82, 2.24) is 4.98 Å². The lowest BCUT2D eigenvalue weighted by atomic mass is 10.3. The van der Waals surface area contributed by atoms with Crippen molar-refractivity contribution >= 4 is 17.2 Å². The lowest BCUT2D eigenvalue weighted by molar-refractivity contribution is 0.475. The highest BCUT2D eigenvalue weighted by Gasteiger charge is 1.95. The number of nitrogens with two attached hydrogens (primary N) is 1. The molecule has 1 aromatic heterocycles. The third kappa shape index (κ3) is 2.37. The zero-order valence-corrected chi connectivity index (χ0v) is 8.01. The van der Waals surface area contributed by atoms with E-state index in [-0.39, 0.29) is 5.75 Å². The number of aromatic nitrogens is 1. The predicted molar refractivity (Wildman–Crippen MR) is 60.0 cm³/mol. The average molecular weight is 201 g/mol. The van der Waals surface area contributed by atoms with Crippen LogP contribution < -0.4 is 11.1 Å². The van der Waals surface area contributed by atoms with E-state index in [1.165, 1.54) is 0 Å². The molecule has 0 spiro atoms. The maximum atomic E-state index is 9.26. The summed E-state index contributed by atoms with van der Waals surface area (Å²) in [4.78, 5) is 3.95. The molecule has 0 unspecified atom stereocenters. The summed E-state index contributed by atoms with van der Waals surface area (Å²) in [5, 5.41) is 12.4. The quantitative estimate of drug-likeness (QED) is 0.696. The summed E-state index contributed by atoms with van der Waals surface area (Å²) >= 11 is 0. The highest BCUT2D eigenvalue weighted by atomic mass is 16.3. The molecule has 4 N–H and O–H groups in total. The number of nitrogens with one attached hydrogen (secondary N) is 1. The van der Waals surface area contributed by atoms with Gasteiger partial charge >= 0.3 is 0 Å². The first-order valence-electron chi connectivity index (χ1n) is 4.51.